The molecule has 6 aromatic carbocycles. The van der Waals surface area contributed by atoms with E-state index in [2.05, 4.69) is 30.6 Å². The van der Waals surface area contributed by atoms with Gasteiger partial charge in [-0.1, -0.05) is 107 Å². The second-order valence-electron chi connectivity index (χ2n) is 17.2. The molecule has 0 atom stereocenters. The molecule has 0 radical (unpaired) electrons. The first kappa shape index (κ1) is 62.6. The number of hydrogen-bond acceptors (Lipinski definition) is 16. The highest BCUT2D eigenvalue weighted by Gasteiger charge is 2.19. The van der Waals surface area contributed by atoms with Gasteiger partial charge in [0, 0.05) is 35.3 Å². The summed E-state index contributed by atoms with van der Waals surface area (Å²) in [4.78, 5) is 40.7. The Morgan fingerprint density at radius 2 is 0.753 bits per heavy atom. The van der Waals surface area contributed by atoms with Crippen LogP contribution < -0.4 is 33.6 Å². The van der Waals surface area contributed by atoms with Crippen LogP contribution in [0.2, 0.25) is 20.1 Å². The van der Waals surface area contributed by atoms with Crippen molar-refractivity contribution in [3.63, 3.8) is 0 Å². The van der Waals surface area contributed by atoms with Crippen molar-refractivity contribution in [1.82, 2.24) is 30.6 Å². The van der Waals surface area contributed by atoms with Gasteiger partial charge < -0.3 is 33.6 Å². The number of hydrogen-bond donors (Lipinski definition) is 8. The smallest absolute Gasteiger partial charge is 0.383 e. The van der Waals surface area contributed by atoms with Gasteiger partial charge in [0.15, 0.2) is 0 Å². The molecule has 8 rings (SSSR count). The third-order valence-electron chi connectivity index (χ3n) is 11.5. The Hall–Kier alpha value is -7.59. The number of benzene rings is 6. The molecule has 12 N–H and O–H groups in total. The van der Waals surface area contributed by atoms with Crippen LogP contribution in [-0.2, 0) is 69.6 Å². The molecule has 2 amide bonds. The summed E-state index contributed by atoms with van der Waals surface area (Å²) in [6.07, 6.45) is 2.35. The van der Waals surface area contributed by atoms with Gasteiger partial charge in [0.25, 0.3) is 11.8 Å². The number of carbonyl (C=O) groups is 2. The molecule has 81 heavy (non-hydrogen) atoms. The van der Waals surface area contributed by atoms with E-state index in [0.29, 0.717) is 68.3 Å². The number of nitrogens with one attached hydrogen (secondary N) is 2. The maximum absolute atomic E-state index is 13.0. The molecule has 424 valence electrons. The van der Waals surface area contributed by atoms with Crippen LogP contribution in [0.15, 0.2) is 143 Å². The molecule has 0 spiro atoms. The van der Waals surface area contributed by atoms with Crippen LogP contribution in [0, 0.1) is 0 Å². The molecule has 2 heterocycles. The van der Waals surface area contributed by atoms with Crippen LogP contribution in [0.3, 0.4) is 0 Å². The van der Waals surface area contributed by atoms with Gasteiger partial charge >= 0.3 is 30.8 Å². The largest absolute Gasteiger partial charge is 0.394 e. The van der Waals surface area contributed by atoms with Gasteiger partial charge in [0.1, 0.15) is 11.6 Å². The average molecular weight is 1250 g/mol. The monoisotopic (exact) mass is 1240 g/mol. The van der Waals surface area contributed by atoms with E-state index >= 15 is 0 Å². The highest BCUT2D eigenvalue weighted by atomic mass is 35.5. The number of carbonyl (C=O) groups excluding carboxylic acids is 2. The summed E-state index contributed by atoms with van der Waals surface area (Å²) < 4.78 is 101. The van der Waals surface area contributed by atoms with Crippen molar-refractivity contribution in [2.75, 3.05) is 22.9 Å². The summed E-state index contributed by atoms with van der Waals surface area (Å²) in [6, 6.07) is 34.9. The number of aromatic nitrogens is 4. The Bertz CT molecular complexity index is 3710. The zero-order valence-corrected chi connectivity index (χ0v) is 47.2. The van der Waals surface area contributed by atoms with Crippen molar-refractivity contribution in [3.8, 4) is 22.3 Å². The maximum atomic E-state index is 13.0. The molecular formula is C52H46Cl4F2N10O10S3. The van der Waals surface area contributed by atoms with Crippen molar-refractivity contribution in [2.45, 2.75) is 48.6 Å². The molecule has 2 aromatic heterocycles. The number of anilines is 4. The second kappa shape index (κ2) is 27.2. The predicted molar refractivity (Wildman–Crippen MR) is 306 cm³/mol. The lowest BCUT2D eigenvalue weighted by Gasteiger charge is -2.13. The maximum Gasteiger partial charge on any atom is 0.394 e. The minimum atomic E-state index is -4.81. The number of rotatable bonds is 16. The van der Waals surface area contributed by atoms with E-state index in [4.69, 9.17) is 86.9 Å². The fraction of sp³-hybridized carbons (Fsp3) is 0.115. The van der Waals surface area contributed by atoms with Gasteiger partial charge in [-0.15, -0.1) is 7.77 Å². The molecule has 0 aliphatic rings. The molecule has 20 nitrogen and oxygen atoms in total. The molecule has 0 saturated carbocycles. The highest BCUT2D eigenvalue weighted by molar-refractivity contribution is 7.86. The van der Waals surface area contributed by atoms with Crippen LogP contribution >= 0.6 is 46.4 Å². The highest BCUT2D eigenvalue weighted by Crippen LogP contribution is 2.35. The van der Waals surface area contributed by atoms with E-state index in [1.54, 1.807) is 36.4 Å². The molecule has 0 saturated heterocycles. The predicted octanol–water partition coefficient (Wildman–Crippen LogP) is 9.32. The Balaban J connectivity index is 0.000000241. The summed E-state index contributed by atoms with van der Waals surface area (Å²) in [5, 5.41) is 7.12. The quantitative estimate of drug-likeness (QED) is 0.0330. The second-order valence-corrected chi connectivity index (χ2v) is 22.4. The first-order valence-corrected chi connectivity index (χ1v) is 29.0. The third kappa shape index (κ3) is 18.7. The molecule has 8 aromatic rings. The van der Waals surface area contributed by atoms with E-state index in [1.165, 1.54) is 24.3 Å². The van der Waals surface area contributed by atoms with Gasteiger partial charge in [-0.2, -0.15) is 35.2 Å². The lowest BCUT2D eigenvalue weighted by Crippen LogP contribution is -2.22. The molecule has 0 bridgehead atoms. The van der Waals surface area contributed by atoms with Gasteiger partial charge in [0.05, 0.1) is 41.3 Å². The number of nitrogens with zero attached hydrogens (tertiary/aromatic N) is 4. The number of nitrogens with two attached hydrogens (primary N) is 4. The third-order valence-corrected chi connectivity index (χ3v) is 14.7. The van der Waals surface area contributed by atoms with Crippen LogP contribution in [0.1, 0.15) is 54.4 Å². The number of nitrogen functional groups attached to an aromatic ring is 4. The van der Waals surface area contributed by atoms with Crippen LogP contribution in [0.5, 0.6) is 0 Å². The van der Waals surface area contributed by atoms with E-state index in [-0.39, 0.29) is 47.7 Å². The first-order valence-electron chi connectivity index (χ1n) is 23.3. The summed E-state index contributed by atoms with van der Waals surface area (Å²) in [7, 11) is -14.3. The molecule has 0 unspecified atom stereocenters. The van der Waals surface area contributed by atoms with Crippen molar-refractivity contribution in [1.29, 1.82) is 0 Å². The van der Waals surface area contributed by atoms with Crippen LogP contribution in [-0.4, -0.2) is 66.1 Å². The Morgan fingerprint density at radius 3 is 1.05 bits per heavy atom. The fourth-order valence-electron chi connectivity index (χ4n) is 7.67. The Labute approximate surface area is 483 Å². The van der Waals surface area contributed by atoms with Gasteiger partial charge in [-0.25, -0.2) is 9.97 Å². The van der Waals surface area contributed by atoms with Crippen LogP contribution in [0.4, 0.5) is 31.3 Å². The molecule has 0 fully saturated rings. The average Bonchev–Trinajstić information content (AvgIpc) is 3.48. The summed E-state index contributed by atoms with van der Waals surface area (Å²) in [5.74, 6) is -0.172. The topological polar surface area (TPSA) is 357 Å². The molecule has 0 aliphatic heterocycles. The summed E-state index contributed by atoms with van der Waals surface area (Å²) in [6.45, 7) is 0.505. The lowest BCUT2D eigenvalue weighted by atomic mass is 9.99. The number of amides is 2. The standard InChI is InChI=1S/2C26H22Cl2FN5O3S.H2O4S/c2*27-20-11-8-18(13-21(20)28)23-22(33-26(31)34-24(23)30)12-5-15-1-3-16(4-2-15)14-32-25(35)17-6-9-19(10-7-17)38(29,36)37;1-5(2,3)4/h2*1-4,6-11,13H,5,12,14H2,(H,32,35)(H4,30,31,33,34);(H2,1,2,3,4). The Kier molecular flexibility index (Phi) is 21.1. The number of halogens is 6. The zero-order chi connectivity index (χ0) is 59.4. The van der Waals surface area contributed by atoms with Crippen molar-refractivity contribution >= 4 is 113 Å². The minimum absolute atomic E-state index is 0.0772. The van der Waals surface area contributed by atoms with Gasteiger partial charge in [0.2, 0.25) is 11.9 Å². The normalized spacial score (nSPS) is 11.4. The van der Waals surface area contributed by atoms with E-state index < -0.39 is 52.5 Å². The summed E-state index contributed by atoms with van der Waals surface area (Å²) in [5.41, 5.74) is 32.4. The molecular weight excluding hydrogens is 1200 g/mol. The van der Waals surface area contributed by atoms with E-state index in [1.807, 2.05) is 48.5 Å². The van der Waals surface area contributed by atoms with Crippen molar-refractivity contribution in [3.05, 3.63) is 198 Å². The summed E-state index contributed by atoms with van der Waals surface area (Å²) >= 11 is 24.5. The van der Waals surface area contributed by atoms with E-state index in [0.717, 1.165) is 57.6 Å². The first-order chi connectivity index (χ1) is 38.0. The molecule has 0 aliphatic carbocycles. The minimum Gasteiger partial charge on any atom is -0.383 e. The van der Waals surface area contributed by atoms with Crippen LogP contribution in [0.25, 0.3) is 22.3 Å². The SMILES string of the molecule is Nc1nc(N)c(-c2ccc(Cl)c(Cl)c2)c(CCc2ccc(CNC(=O)c3ccc(S(=O)(=O)F)cc3)cc2)n1.Nc1nc(N)c(-c2ccc(Cl)c(Cl)c2)c(CCc2ccc(CNC(=O)c3ccc(S(=O)(=O)F)cc3)cc2)n1.O=S(=O)(O)O. The fourth-order valence-corrected chi connectivity index (χ4v) is 9.18. The van der Waals surface area contributed by atoms with Gasteiger partial charge in [-0.3, -0.25) is 18.7 Å². The lowest BCUT2D eigenvalue weighted by molar-refractivity contribution is 0.0943. The van der Waals surface area contributed by atoms with E-state index in [9.17, 15) is 34.2 Å². The number of aryl methyl sites for hydroxylation is 4. The molecule has 29 heteroatoms. The van der Waals surface area contributed by atoms with Crippen molar-refractivity contribution in [2.24, 2.45) is 0 Å². The van der Waals surface area contributed by atoms with Crippen molar-refractivity contribution < 1.29 is 51.7 Å². The zero-order valence-electron chi connectivity index (χ0n) is 41.7. The Morgan fingerprint density at radius 1 is 0.444 bits per heavy atom. The van der Waals surface area contributed by atoms with Gasteiger partial charge in [-0.05, 0) is 132 Å².